The van der Waals surface area contributed by atoms with Crippen LogP contribution in [0, 0.1) is 12.8 Å². The van der Waals surface area contributed by atoms with Crippen molar-refractivity contribution in [3.63, 3.8) is 0 Å². The van der Waals surface area contributed by atoms with Gasteiger partial charge in [0.15, 0.2) is 5.11 Å². The zero-order valence-corrected chi connectivity index (χ0v) is 16.7. The van der Waals surface area contributed by atoms with Gasteiger partial charge in [-0.3, -0.25) is 0 Å². The molecule has 0 amide bonds. The minimum absolute atomic E-state index is 0.301. The zero-order chi connectivity index (χ0) is 17.7. The van der Waals surface area contributed by atoms with Crippen LogP contribution in [0.2, 0.25) is 0 Å². The predicted molar refractivity (Wildman–Crippen MR) is 105 cm³/mol. The Labute approximate surface area is 154 Å². The number of esters is 1. The topological polar surface area (TPSA) is 50.4 Å². The van der Waals surface area contributed by atoms with Crippen molar-refractivity contribution in [2.24, 2.45) is 5.92 Å². The molecule has 1 aliphatic carbocycles. The average Bonchev–Trinajstić information content (AvgIpc) is 2.89. The number of thiocarbonyl (C=S) groups is 1. The second-order valence-corrected chi connectivity index (χ2v) is 8.04. The summed E-state index contributed by atoms with van der Waals surface area (Å²) in [5.74, 6) is 0.563. The van der Waals surface area contributed by atoms with Crippen molar-refractivity contribution >= 4 is 39.6 Å². The molecular formula is C18H28N2O2S2. The largest absolute Gasteiger partial charge is 0.465 e. The second-order valence-electron chi connectivity index (χ2n) is 6.41. The Bertz CT molecular complexity index is 590. The molecule has 6 heteroatoms. The Morgan fingerprint density at radius 1 is 1.29 bits per heavy atom. The second kappa shape index (κ2) is 8.81. The summed E-state index contributed by atoms with van der Waals surface area (Å²) in [6.45, 7) is 6.35. The average molecular weight is 369 g/mol. The molecule has 4 nitrogen and oxygen atoms in total. The maximum absolute atomic E-state index is 12.1. The Balaban J connectivity index is 2.03. The van der Waals surface area contributed by atoms with E-state index in [-0.39, 0.29) is 5.97 Å². The SMILES string of the molecule is CCc1c(C)sc(NC(=S)NC2CCC(CC)CC2)c1C(=O)OC. The van der Waals surface area contributed by atoms with E-state index in [2.05, 4.69) is 17.6 Å². The Kier molecular flexibility index (Phi) is 7.04. The molecule has 0 spiro atoms. The third-order valence-corrected chi connectivity index (χ3v) is 6.22. The van der Waals surface area contributed by atoms with Gasteiger partial charge in [0.25, 0.3) is 0 Å². The molecule has 1 fully saturated rings. The summed E-state index contributed by atoms with van der Waals surface area (Å²) < 4.78 is 4.95. The van der Waals surface area contributed by atoms with Crippen LogP contribution in [0.15, 0.2) is 0 Å². The molecule has 0 aromatic carbocycles. The van der Waals surface area contributed by atoms with Gasteiger partial charge in [0.05, 0.1) is 12.7 Å². The number of hydrogen-bond donors (Lipinski definition) is 2. The van der Waals surface area contributed by atoms with Crippen molar-refractivity contribution in [3.05, 3.63) is 16.0 Å². The van der Waals surface area contributed by atoms with Gasteiger partial charge in [0, 0.05) is 10.9 Å². The van der Waals surface area contributed by atoms with E-state index in [1.807, 2.05) is 13.8 Å². The van der Waals surface area contributed by atoms with Gasteiger partial charge in [-0.1, -0.05) is 20.3 Å². The first-order valence-corrected chi connectivity index (χ1v) is 10.0. The number of carbonyl (C=O) groups excluding carboxylic acids is 1. The highest BCUT2D eigenvalue weighted by molar-refractivity contribution is 7.80. The van der Waals surface area contributed by atoms with Gasteiger partial charge in [-0.25, -0.2) is 4.79 Å². The van der Waals surface area contributed by atoms with Crippen molar-refractivity contribution in [1.29, 1.82) is 0 Å². The normalized spacial score (nSPS) is 20.5. The fraction of sp³-hybridized carbons (Fsp3) is 0.667. The van der Waals surface area contributed by atoms with Crippen LogP contribution < -0.4 is 10.6 Å². The summed E-state index contributed by atoms with van der Waals surface area (Å²) in [7, 11) is 1.42. The lowest BCUT2D eigenvalue weighted by Crippen LogP contribution is -2.40. The highest BCUT2D eigenvalue weighted by Gasteiger charge is 2.24. The number of hydrogen-bond acceptors (Lipinski definition) is 4. The van der Waals surface area contributed by atoms with Crippen LogP contribution in [0.1, 0.15) is 66.8 Å². The van der Waals surface area contributed by atoms with Crippen LogP contribution in [0.25, 0.3) is 0 Å². The maximum atomic E-state index is 12.1. The molecule has 2 N–H and O–H groups in total. The molecule has 0 aliphatic heterocycles. The molecular weight excluding hydrogens is 340 g/mol. The summed E-state index contributed by atoms with van der Waals surface area (Å²) in [6.07, 6.45) is 6.92. The highest BCUT2D eigenvalue weighted by Crippen LogP contribution is 2.34. The van der Waals surface area contributed by atoms with Crippen molar-refractivity contribution in [2.75, 3.05) is 12.4 Å². The summed E-state index contributed by atoms with van der Waals surface area (Å²) in [5, 5.41) is 8.04. The van der Waals surface area contributed by atoms with Crippen LogP contribution in [0.3, 0.4) is 0 Å². The summed E-state index contributed by atoms with van der Waals surface area (Å²) in [5.41, 5.74) is 1.67. The fourth-order valence-electron chi connectivity index (χ4n) is 3.45. The number of thiophene rings is 1. The standard InChI is InChI=1S/C18H28N2O2S2/c1-5-12-7-9-13(10-8-12)19-18(23)20-16-15(17(21)22-4)14(6-2)11(3)24-16/h12-13H,5-10H2,1-4H3,(H2,19,20,23). The van der Waals surface area contributed by atoms with E-state index in [1.54, 1.807) is 11.3 Å². The van der Waals surface area contributed by atoms with Gasteiger partial charge in [-0.15, -0.1) is 11.3 Å². The first kappa shape index (κ1) is 19.2. The molecule has 134 valence electrons. The minimum atomic E-state index is -0.301. The molecule has 0 atom stereocenters. The predicted octanol–water partition coefficient (Wildman–Crippen LogP) is 4.66. The molecule has 0 unspecified atom stereocenters. The molecule has 1 saturated carbocycles. The van der Waals surface area contributed by atoms with Gasteiger partial charge in [0.1, 0.15) is 5.00 Å². The van der Waals surface area contributed by atoms with E-state index < -0.39 is 0 Å². The molecule has 1 aromatic heterocycles. The maximum Gasteiger partial charge on any atom is 0.341 e. The van der Waals surface area contributed by atoms with Crippen molar-refractivity contribution in [1.82, 2.24) is 5.32 Å². The van der Waals surface area contributed by atoms with E-state index in [0.29, 0.717) is 16.7 Å². The molecule has 1 aromatic rings. The van der Waals surface area contributed by atoms with E-state index in [9.17, 15) is 4.79 Å². The van der Waals surface area contributed by atoms with Crippen LogP contribution in [0.5, 0.6) is 0 Å². The summed E-state index contributed by atoms with van der Waals surface area (Å²) >= 11 is 7.04. The van der Waals surface area contributed by atoms with Crippen molar-refractivity contribution < 1.29 is 9.53 Å². The monoisotopic (exact) mass is 368 g/mol. The smallest absolute Gasteiger partial charge is 0.341 e. The van der Waals surface area contributed by atoms with Crippen LogP contribution in [0.4, 0.5) is 5.00 Å². The number of ether oxygens (including phenoxy) is 1. The van der Waals surface area contributed by atoms with Crippen LogP contribution in [-0.2, 0) is 11.2 Å². The fourth-order valence-corrected chi connectivity index (χ4v) is 4.92. The van der Waals surface area contributed by atoms with E-state index >= 15 is 0 Å². The Morgan fingerprint density at radius 3 is 2.50 bits per heavy atom. The molecule has 0 radical (unpaired) electrons. The number of anilines is 1. The van der Waals surface area contributed by atoms with Gasteiger partial charge in [-0.05, 0) is 62.7 Å². The first-order valence-electron chi connectivity index (χ1n) is 8.78. The molecule has 24 heavy (non-hydrogen) atoms. The third kappa shape index (κ3) is 4.48. The van der Waals surface area contributed by atoms with Gasteiger partial charge in [-0.2, -0.15) is 0 Å². The number of rotatable bonds is 5. The van der Waals surface area contributed by atoms with Gasteiger partial charge >= 0.3 is 5.97 Å². The van der Waals surface area contributed by atoms with Crippen LogP contribution >= 0.6 is 23.6 Å². The van der Waals surface area contributed by atoms with E-state index in [4.69, 9.17) is 17.0 Å². The third-order valence-electron chi connectivity index (χ3n) is 4.94. The number of methoxy groups -OCH3 is 1. The zero-order valence-electron chi connectivity index (χ0n) is 15.0. The van der Waals surface area contributed by atoms with E-state index in [1.165, 1.54) is 26.4 Å². The summed E-state index contributed by atoms with van der Waals surface area (Å²) in [4.78, 5) is 13.3. The Morgan fingerprint density at radius 2 is 1.96 bits per heavy atom. The highest BCUT2D eigenvalue weighted by atomic mass is 32.1. The molecule has 0 saturated heterocycles. The lowest BCUT2D eigenvalue weighted by atomic mass is 9.85. The van der Waals surface area contributed by atoms with Gasteiger partial charge < -0.3 is 15.4 Å². The van der Waals surface area contributed by atoms with Crippen molar-refractivity contribution in [3.8, 4) is 0 Å². The van der Waals surface area contributed by atoms with Gasteiger partial charge in [0.2, 0.25) is 0 Å². The Hall–Kier alpha value is -1.14. The first-order chi connectivity index (χ1) is 11.5. The molecule has 0 bridgehead atoms. The lowest BCUT2D eigenvalue weighted by molar-refractivity contribution is 0.0601. The quantitative estimate of drug-likeness (QED) is 0.585. The van der Waals surface area contributed by atoms with E-state index in [0.717, 1.165) is 40.6 Å². The molecule has 1 aliphatic rings. The lowest BCUT2D eigenvalue weighted by Gasteiger charge is -2.29. The van der Waals surface area contributed by atoms with Crippen molar-refractivity contribution in [2.45, 2.75) is 65.3 Å². The molecule has 1 heterocycles. The molecule has 2 rings (SSSR count). The minimum Gasteiger partial charge on any atom is -0.465 e. The number of carbonyl (C=O) groups is 1. The van der Waals surface area contributed by atoms with Crippen LogP contribution in [-0.4, -0.2) is 24.2 Å². The number of aryl methyl sites for hydroxylation is 1. The number of nitrogens with one attached hydrogen (secondary N) is 2. The summed E-state index contributed by atoms with van der Waals surface area (Å²) in [6, 6.07) is 0.432.